The van der Waals surface area contributed by atoms with Gasteiger partial charge in [-0.3, -0.25) is 19.3 Å². The van der Waals surface area contributed by atoms with Gasteiger partial charge in [0, 0.05) is 63.4 Å². The molecule has 0 saturated carbocycles. The molecule has 0 radical (unpaired) electrons. The minimum Gasteiger partial charge on any atom is -0.338 e. The Bertz CT molecular complexity index is 763. The number of aryl methyl sites for hydroxylation is 1. The van der Waals surface area contributed by atoms with Crippen LogP contribution >= 0.6 is 0 Å². The molecule has 2 aromatic heterocycles. The van der Waals surface area contributed by atoms with E-state index in [0.717, 1.165) is 19.4 Å². The monoisotopic (exact) mass is 354 g/mol. The first-order chi connectivity index (χ1) is 12.7. The number of amides is 2. The molecule has 2 bridgehead atoms. The average molecular weight is 354 g/mol. The van der Waals surface area contributed by atoms with E-state index in [0.29, 0.717) is 37.7 Å². The van der Waals surface area contributed by atoms with Crippen molar-refractivity contribution in [2.24, 2.45) is 5.92 Å². The first-order valence-electron chi connectivity index (χ1n) is 9.03. The summed E-state index contributed by atoms with van der Waals surface area (Å²) >= 11 is 0. The Labute approximate surface area is 151 Å². The van der Waals surface area contributed by atoms with E-state index >= 15 is 0 Å². The highest BCUT2D eigenvalue weighted by atomic mass is 16.2. The normalized spacial score (nSPS) is 22.3. The SMILES string of the molecule is O=C(c1cnccn1)N1C[C@H]2CC[C@@H](C1)N(C(=O)CCn1cccn1)C2. The lowest BCUT2D eigenvalue weighted by Gasteiger charge is -2.36. The molecule has 2 aromatic rings. The number of fused-ring (bicyclic) bond motifs is 4. The molecule has 8 nitrogen and oxygen atoms in total. The van der Waals surface area contributed by atoms with Gasteiger partial charge in [0.25, 0.3) is 5.91 Å². The van der Waals surface area contributed by atoms with E-state index in [1.807, 2.05) is 22.1 Å². The molecule has 0 aromatic carbocycles. The van der Waals surface area contributed by atoms with E-state index in [1.54, 1.807) is 17.1 Å². The van der Waals surface area contributed by atoms with Crippen molar-refractivity contribution < 1.29 is 9.59 Å². The fourth-order valence-corrected chi connectivity index (χ4v) is 3.91. The van der Waals surface area contributed by atoms with Crippen molar-refractivity contribution >= 4 is 11.8 Å². The van der Waals surface area contributed by atoms with E-state index in [-0.39, 0.29) is 17.9 Å². The number of piperidine rings is 1. The van der Waals surface area contributed by atoms with Gasteiger partial charge in [-0.2, -0.15) is 5.10 Å². The van der Waals surface area contributed by atoms with Gasteiger partial charge in [0.15, 0.2) is 0 Å². The minimum absolute atomic E-state index is 0.0829. The first kappa shape index (κ1) is 16.7. The third-order valence-corrected chi connectivity index (χ3v) is 5.22. The van der Waals surface area contributed by atoms with Crippen LogP contribution < -0.4 is 0 Å². The molecule has 0 spiro atoms. The Hall–Kier alpha value is -2.77. The van der Waals surface area contributed by atoms with Crippen molar-refractivity contribution in [1.29, 1.82) is 0 Å². The average Bonchev–Trinajstić information content (AvgIpc) is 3.04. The zero-order valence-corrected chi connectivity index (χ0v) is 14.6. The van der Waals surface area contributed by atoms with E-state index in [1.165, 1.54) is 12.4 Å². The van der Waals surface area contributed by atoms with Crippen molar-refractivity contribution in [3.8, 4) is 0 Å². The zero-order chi connectivity index (χ0) is 17.9. The van der Waals surface area contributed by atoms with Crippen LogP contribution in [-0.4, -0.2) is 67.0 Å². The lowest BCUT2D eigenvalue weighted by Crippen LogP contribution is -2.48. The van der Waals surface area contributed by atoms with Crippen LogP contribution in [-0.2, 0) is 11.3 Å². The van der Waals surface area contributed by atoms with Gasteiger partial charge >= 0.3 is 0 Å². The van der Waals surface area contributed by atoms with Crippen molar-refractivity contribution in [3.05, 3.63) is 42.7 Å². The predicted molar refractivity (Wildman–Crippen MR) is 93.0 cm³/mol. The highest BCUT2D eigenvalue weighted by molar-refractivity contribution is 5.92. The first-order valence-corrected chi connectivity index (χ1v) is 9.03. The predicted octanol–water partition coefficient (Wildman–Crippen LogP) is 0.826. The molecular weight excluding hydrogens is 332 g/mol. The van der Waals surface area contributed by atoms with Crippen molar-refractivity contribution in [2.75, 3.05) is 19.6 Å². The van der Waals surface area contributed by atoms with Crippen LogP contribution in [0.4, 0.5) is 0 Å². The molecule has 2 amide bonds. The largest absolute Gasteiger partial charge is 0.338 e. The summed E-state index contributed by atoms with van der Waals surface area (Å²) in [7, 11) is 0. The van der Waals surface area contributed by atoms with Crippen LogP contribution in [0.5, 0.6) is 0 Å². The lowest BCUT2D eigenvalue weighted by molar-refractivity contribution is -0.135. The van der Waals surface area contributed by atoms with Crippen LogP contribution in [0.2, 0.25) is 0 Å². The van der Waals surface area contributed by atoms with Gasteiger partial charge in [-0.15, -0.1) is 0 Å². The molecule has 5 heterocycles. The number of rotatable bonds is 4. The molecule has 3 fully saturated rings. The number of nitrogens with zero attached hydrogens (tertiary/aromatic N) is 6. The third kappa shape index (κ3) is 3.44. The number of aromatic nitrogens is 4. The molecule has 5 rings (SSSR count). The summed E-state index contributed by atoms with van der Waals surface area (Å²) in [6, 6.07) is 1.94. The quantitative estimate of drug-likeness (QED) is 0.812. The van der Waals surface area contributed by atoms with Crippen LogP contribution in [0.1, 0.15) is 29.8 Å². The van der Waals surface area contributed by atoms with Crippen molar-refractivity contribution in [1.82, 2.24) is 29.5 Å². The Morgan fingerprint density at radius 1 is 1.12 bits per heavy atom. The Morgan fingerprint density at radius 3 is 2.81 bits per heavy atom. The summed E-state index contributed by atoms with van der Waals surface area (Å²) in [6.45, 7) is 2.56. The topological polar surface area (TPSA) is 84.2 Å². The summed E-state index contributed by atoms with van der Waals surface area (Å²) in [5.41, 5.74) is 0.366. The smallest absolute Gasteiger partial charge is 0.274 e. The summed E-state index contributed by atoms with van der Waals surface area (Å²) in [5, 5.41) is 4.15. The molecule has 136 valence electrons. The van der Waals surface area contributed by atoms with Gasteiger partial charge in [-0.25, -0.2) is 4.98 Å². The number of carbonyl (C=O) groups excluding carboxylic acids is 2. The number of carbonyl (C=O) groups is 2. The fourth-order valence-electron chi connectivity index (χ4n) is 3.91. The highest BCUT2D eigenvalue weighted by Gasteiger charge is 2.38. The van der Waals surface area contributed by atoms with E-state index in [9.17, 15) is 9.59 Å². The minimum atomic E-state index is -0.0964. The molecule has 0 unspecified atom stereocenters. The molecule has 26 heavy (non-hydrogen) atoms. The second-order valence-corrected chi connectivity index (χ2v) is 6.96. The molecule has 3 saturated heterocycles. The Kier molecular flexibility index (Phi) is 4.64. The molecular formula is C18H22N6O2. The number of hydrogen-bond donors (Lipinski definition) is 0. The third-order valence-electron chi connectivity index (χ3n) is 5.22. The van der Waals surface area contributed by atoms with E-state index in [2.05, 4.69) is 15.1 Å². The van der Waals surface area contributed by atoms with Crippen molar-refractivity contribution in [3.63, 3.8) is 0 Å². The molecule has 0 N–H and O–H groups in total. The van der Waals surface area contributed by atoms with E-state index < -0.39 is 0 Å². The Balaban J connectivity index is 1.43. The van der Waals surface area contributed by atoms with E-state index in [4.69, 9.17) is 0 Å². The van der Waals surface area contributed by atoms with Crippen LogP contribution in [0, 0.1) is 5.92 Å². The fraction of sp³-hybridized carbons (Fsp3) is 0.500. The van der Waals surface area contributed by atoms with Crippen LogP contribution in [0.25, 0.3) is 0 Å². The van der Waals surface area contributed by atoms with Gasteiger partial charge in [0.05, 0.1) is 6.20 Å². The highest BCUT2D eigenvalue weighted by Crippen LogP contribution is 2.29. The maximum absolute atomic E-state index is 12.7. The standard InChI is InChI=1S/C18H22N6O2/c25-17(4-9-23-8-1-5-21-23)24-12-14-2-3-15(24)13-22(11-14)18(26)16-10-19-6-7-20-16/h1,5-8,10,14-15H,2-4,9,11-13H2/t14-,15+/m1/s1. The second-order valence-electron chi connectivity index (χ2n) is 6.96. The summed E-state index contributed by atoms with van der Waals surface area (Å²) in [4.78, 5) is 37.4. The molecule has 3 aliphatic rings. The van der Waals surface area contributed by atoms with Crippen LogP contribution in [0.3, 0.4) is 0 Å². The lowest BCUT2D eigenvalue weighted by atomic mass is 9.94. The van der Waals surface area contributed by atoms with Crippen LogP contribution in [0.15, 0.2) is 37.1 Å². The van der Waals surface area contributed by atoms with Crippen molar-refractivity contribution in [2.45, 2.75) is 31.8 Å². The number of hydrogen-bond acceptors (Lipinski definition) is 5. The zero-order valence-electron chi connectivity index (χ0n) is 14.6. The maximum atomic E-state index is 12.7. The van der Waals surface area contributed by atoms with Gasteiger partial charge in [-0.1, -0.05) is 0 Å². The molecule has 0 aliphatic carbocycles. The van der Waals surface area contributed by atoms with Gasteiger partial charge in [-0.05, 0) is 24.8 Å². The molecule has 8 heteroatoms. The summed E-state index contributed by atoms with van der Waals surface area (Å²) < 4.78 is 1.78. The Morgan fingerprint density at radius 2 is 2.04 bits per heavy atom. The maximum Gasteiger partial charge on any atom is 0.274 e. The van der Waals surface area contributed by atoms with Gasteiger partial charge in [0.1, 0.15) is 5.69 Å². The summed E-state index contributed by atoms with van der Waals surface area (Å²) in [6.07, 6.45) is 10.6. The molecule has 2 atom stereocenters. The molecule has 3 aliphatic heterocycles. The van der Waals surface area contributed by atoms with Gasteiger partial charge in [0.2, 0.25) is 5.91 Å². The summed E-state index contributed by atoms with van der Waals surface area (Å²) in [5.74, 6) is 0.368. The second kappa shape index (κ2) is 7.23. The van der Waals surface area contributed by atoms with Gasteiger partial charge < -0.3 is 9.80 Å².